The number of aliphatic hydroxyl groups excluding tert-OH is 6. The molecular formula is C37H38O19. The van der Waals surface area contributed by atoms with Crippen LogP contribution in [0.25, 0.3) is 28.4 Å². The summed E-state index contributed by atoms with van der Waals surface area (Å²) in [6.07, 6.45) is -14.3. The van der Waals surface area contributed by atoms with Crippen molar-refractivity contribution in [2.45, 2.75) is 68.3 Å². The van der Waals surface area contributed by atoms with Gasteiger partial charge < -0.3 is 83.9 Å². The Morgan fingerprint density at radius 1 is 0.750 bits per heavy atom. The van der Waals surface area contributed by atoms with Gasteiger partial charge in [0.05, 0.1) is 13.2 Å². The van der Waals surface area contributed by atoms with Crippen LogP contribution >= 0.6 is 0 Å². The summed E-state index contributed by atoms with van der Waals surface area (Å²) < 4.78 is 39.0. The number of aliphatic hydroxyl groups is 6. The molecule has 2 saturated heterocycles. The van der Waals surface area contributed by atoms with Crippen LogP contribution in [0, 0.1) is 0 Å². The fourth-order valence-corrected chi connectivity index (χ4v) is 5.98. The van der Waals surface area contributed by atoms with Gasteiger partial charge in [-0.1, -0.05) is 6.07 Å². The molecule has 3 aromatic carbocycles. The first-order valence-electron chi connectivity index (χ1n) is 16.9. The quantitative estimate of drug-likeness (QED) is 0.0572. The lowest BCUT2D eigenvalue weighted by Crippen LogP contribution is -2.60. The highest BCUT2D eigenvalue weighted by Crippen LogP contribution is 2.40. The predicted molar refractivity (Wildman–Crippen MR) is 188 cm³/mol. The maximum Gasteiger partial charge on any atom is 0.330 e. The number of esters is 1. The third kappa shape index (κ3) is 8.01. The van der Waals surface area contributed by atoms with Crippen molar-refractivity contribution in [2.75, 3.05) is 13.7 Å². The van der Waals surface area contributed by atoms with Gasteiger partial charge in [0.25, 0.3) is 0 Å². The van der Waals surface area contributed by atoms with Crippen LogP contribution in [0.5, 0.6) is 40.2 Å². The summed E-state index contributed by atoms with van der Waals surface area (Å²) in [5, 5.41) is 103. The van der Waals surface area contributed by atoms with Gasteiger partial charge in [0.2, 0.25) is 23.8 Å². The van der Waals surface area contributed by atoms with Gasteiger partial charge in [-0.15, -0.1) is 0 Å². The number of hydrogen-bond acceptors (Lipinski definition) is 19. The van der Waals surface area contributed by atoms with Gasteiger partial charge in [-0.25, -0.2) is 4.79 Å². The maximum absolute atomic E-state index is 14.1. The predicted octanol–water partition coefficient (Wildman–Crippen LogP) is -0.0597. The molecule has 0 radical (unpaired) electrons. The highest BCUT2D eigenvalue weighted by molar-refractivity contribution is 5.89. The molecule has 6 rings (SSSR count). The van der Waals surface area contributed by atoms with Crippen LogP contribution < -0.4 is 19.6 Å². The number of phenolic OH excluding ortho intramolecular Hbond substituents is 4. The number of benzene rings is 3. The number of carbonyl (C=O) groups excluding carboxylic acids is 1. The van der Waals surface area contributed by atoms with Crippen LogP contribution in [-0.2, 0) is 19.0 Å². The van der Waals surface area contributed by atoms with Crippen LogP contribution in [0.15, 0.2) is 63.8 Å². The van der Waals surface area contributed by atoms with Crippen molar-refractivity contribution in [3.63, 3.8) is 0 Å². The number of ether oxygens (including phenoxy) is 6. The number of phenols is 4. The summed E-state index contributed by atoms with van der Waals surface area (Å²) >= 11 is 0. The molecule has 1 aromatic heterocycles. The fourth-order valence-electron chi connectivity index (χ4n) is 5.98. The zero-order chi connectivity index (χ0) is 40.6. The highest BCUT2D eigenvalue weighted by Gasteiger charge is 2.46. The molecule has 300 valence electrons. The average molecular weight is 787 g/mol. The Bertz CT molecular complexity index is 2170. The first-order chi connectivity index (χ1) is 26.6. The van der Waals surface area contributed by atoms with Crippen molar-refractivity contribution < 1.29 is 88.7 Å². The molecule has 10 N–H and O–H groups in total. The average Bonchev–Trinajstić information content (AvgIpc) is 3.17. The van der Waals surface area contributed by atoms with Crippen LogP contribution in [0.2, 0.25) is 0 Å². The third-order valence-electron chi connectivity index (χ3n) is 9.11. The molecule has 19 heteroatoms. The van der Waals surface area contributed by atoms with E-state index in [4.69, 9.17) is 32.8 Å². The van der Waals surface area contributed by atoms with Gasteiger partial charge in [0, 0.05) is 23.8 Å². The summed E-state index contributed by atoms with van der Waals surface area (Å²) in [5.41, 5.74) is -0.999. The SMILES string of the molecule is COc1cc(-c2oc3cc(O[C@@H]4OC(C)[C@H](O)C(O)[C@@H]4O)cc(O)c3c(=O)c2O[C@@H]2OC(COC(=O)/C=C/c3ccc(O)c(O)c3)[C@@H](O)C(O)[C@@H]2O)ccc1O. The summed E-state index contributed by atoms with van der Waals surface area (Å²) in [5.74, 6) is -4.13. The van der Waals surface area contributed by atoms with Crippen molar-refractivity contribution in [1.29, 1.82) is 0 Å². The molecule has 4 aromatic rings. The lowest BCUT2D eigenvalue weighted by atomic mass is 9.99. The van der Waals surface area contributed by atoms with E-state index >= 15 is 0 Å². The molecule has 4 unspecified atom stereocenters. The summed E-state index contributed by atoms with van der Waals surface area (Å²) in [7, 11) is 1.26. The van der Waals surface area contributed by atoms with E-state index in [0.717, 1.165) is 18.2 Å². The minimum absolute atomic E-state index is 0.0431. The Balaban J connectivity index is 1.31. The lowest BCUT2D eigenvalue weighted by molar-refractivity contribution is -0.278. The zero-order valence-corrected chi connectivity index (χ0v) is 29.4. The highest BCUT2D eigenvalue weighted by atomic mass is 16.7. The van der Waals surface area contributed by atoms with Crippen LogP contribution in [0.3, 0.4) is 0 Å². The Morgan fingerprint density at radius 2 is 1.43 bits per heavy atom. The minimum Gasteiger partial charge on any atom is -0.507 e. The fraction of sp³-hybridized carbons (Fsp3) is 0.351. The minimum atomic E-state index is -2.01. The van der Waals surface area contributed by atoms with Gasteiger partial charge >= 0.3 is 5.97 Å². The Kier molecular flexibility index (Phi) is 11.6. The van der Waals surface area contributed by atoms with E-state index in [1.165, 1.54) is 56.5 Å². The lowest BCUT2D eigenvalue weighted by Gasteiger charge is -2.39. The van der Waals surface area contributed by atoms with Gasteiger partial charge in [0.15, 0.2) is 28.8 Å². The Labute approximate surface area is 315 Å². The van der Waals surface area contributed by atoms with E-state index in [1.54, 1.807) is 0 Å². The molecule has 10 atom stereocenters. The monoisotopic (exact) mass is 786 g/mol. The van der Waals surface area contributed by atoms with E-state index in [-0.39, 0.29) is 39.9 Å². The van der Waals surface area contributed by atoms with E-state index in [0.29, 0.717) is 5.56 Å². The summed E-state index contributed by atoms with van der Waals surface area (Å²) in [4.78, 5) is 26.6. The second-order valence-electron chi connectivity index (χ2n) is 12.9. The molecule has 0 amide bonds. The van der Waals surface area contributed by atoms with E-state index in [9.17, 15) is 60.7 Å². The van der Waals surface area contributed by atoms with Gasteiger partial charge in [0.1, 0.15) is 71.8 Å². The number of carbonyl (C=O) groups is 1. The van der Waals surface area contributed by atoms with Crippen molar-refractivity contribution in [1.82, 2.24) is 0 Å². The Morgan fingerprint density at radius 3 is 2.12 bits per heavy atom. The summed E-state index contributed by atoms with van der Waals surface area (Å²) in [6, 6.07) is 9.68. The van der Waals surface area contributed by atoms with Crippen LogP contribution in [0.4, 0.5) is 0 Å². The standard InChI is InChI=1S/C37H38O19/c1-14-27(43)30(46)32(48)36(52-14)53-17-11-21(41)26-23(12-17)54-34(16-5-7-19(39)22(10-16)50-2)35(29(26)45)56-37-33(49)31(47)28(44)24(55-37)13-51-25(42)8-4-15-3-6-18(38)20(40)9-15/h3-12,14,24,27-28,30-33,36-41,43-44,46-49H,13H2,1-2H3/b8-4+/t14?,24?,27-,28+,30?,31?,32-,33-,36-,37-/m0/s1. The topological polar surface area (TPSA) is 305 Å². The smallest absolute Gasteiger partial charge is 0.330 e. The second kappa shape index (κ2) is 16.2. The molecule has 3 heterocycles. The first-order valence-corrected chi connectivity index (χ1v) is 16.9. The molecular weight excluding hydrogens is 748 g/mol. The van der Waals surface area contributed by atoms with Gasteiger partial charge in [-0.2, -0.15) is 0 Å². The van der Waals surface area contributed by atoms with Gasteiger partial charge in [-0.05, 0) is 48.9 Å². The molecule has 2 aliphatic heterocycles. The molecule has 2 fully saturated rings. The van der Waals surface area contributed by atoms with Crippen LogP contribution in [-0.4, -0.2) is 132 Å². The van der Waals surface area contributed by atoms with E-state index in [1.807, 2.05) is 0 Å². The first kappa shape index (κ1) is 40.0. The van der Waals surface area contributed by atoms with Crippen LogP contribution in [0.1, 0.15) is 12.5 Å². The number of aromatic hydroxyl groups is 4. The normalized spacial score (nSPS) is 27.9. The Hall–Kier alpha value is -5.64. The van der Waals surface area contributed by atoms with E-state index < -0.39 is 102 Å². The number of rotatable bonds is 10. The third-order valence-corrected chi connectivity index (χ3v) is 9.11. The molecule has 2 aliphatic rings. The van der Waals surface area contributed by atoms with Gasteiger partial charge in [-0.3, -0.25) is 4.79 Å². The van der Waals surface area contributed by atoms with Crippen molar-refractivity contribution in [3.05, 3.63) is 70.4 Å². The van der Waals surface area contributed by atoms with Crippen molar-refractivity contribution in [3.8, 4) is 51.6 Å². The number of methoxy groups -OCH3 is 1. The maximum atomic E-state index is 14.1. The van der Waals surface area contributed by atoms with Crippen molar-refractivity contribution in [2.24, 2.45) is 0 Å². The molecule has 0 saturated carbocycles. The second-order valence-corrected chi connectivity index (χ2v) is 12.9. The molecule has 0 aliphatic carbocycles. The number of hydrogen-bond donors (Lipinski definition) is 10. The molecule has 0 bridgehead atoms. The summed E-state index contributed by atoms with van der Waals surface area (Å²) in [6.45, 7) is 0.738. The molecule has 19 nitrogen and oxygen atoms in total. The zero-order valence-electron chi connectivity index (χ0n) is 29.4. The molecule has 0 spiro atoms. The van der Waals surface area contributed by atoms with Crippen molar-refractivity contribution >= 4 is 23.0 Å². The number of fused-ring (bicyclic) bond motifs is 1. The van der Waals surface area contributed by atoms with E-state index in [2.05, 4.69) is 0 Å². The largest absolute Gasteiger partial charge is 0.507 e. The molecule has 56 heavy (non-hydrogen) atoms.